The second kappa shape index (κ2) is 7.63. The van der Waals surface area contributed by atoms with Crippen LogP contribution in [0, 0.1) is 6.92 Å². The zero-order chi connectivity index (χ0) is 20.4. The third kappa shape index (κ3) is 3.62. The van der Waals surface area contributed by atoms with Crippen LogP contribution >= 0.6 is 0 Å². The molecule has 7 nitrogen and oxygen atoms in total. The summed E-state index contributed by atoms with van der Waals surface area (Å²) in [6.45, 7) is 2.06. The summed E-state index contributed by atoms with van der Waals surface area (Å²) in [4.78, 5) is 24.0. The van der Waals surface area contributed by atoms with Gasteiger partial charge in [-0.15, -0.1) is 0 Å². The molecule has 0 radical (unpaired) electrons. The summed E-state index contributed by atoms with van der Waals surface area (Å²) in [6.07, 6.45) is 1.91. The summed E-state index contributed by atoms with van der Waals surface area (Å²) in [5.74, 6) is 0.751. The van der Waals surface area contributed by atoms with Crippen molar-refractivity contribution in [2.75, 3.05) is 19.5 Å². The summed E-state index contributed by atoms with van der Waals surface area (Å²) >= 11 is 0. The predicted molar refractivity (Wildman–Crippen MR) is 114 cm³/mol. The molecule has 2 aromatic carbocycles. The molecule has 0 aliphatic carbocycles. The van der Waals surface area contributed by atoms with E-state index in [2.05, 4.69) is 56.8 Å². The number of nitrogens with one attached hydrogen (secondary N) is 3. The number of benzene rings is 2. The minimum absolute atomic E-state index is 0.133. The van der Waals surface area contributed by atoms with Gasteiger partial charge in [0.25, 0.3) is 5.91 Å². The lowest BCUT2D eigenvalue weighted by Gasteiger charge is -2.09. The Morgan fingerprint density at radius 2 is 1.76 bits per heavy atom. The third-order valence-electron chi connectivity index (χ3n) is 4.68. The lowest BCUT2D eigenvalue weighted by molar-refractivity contribution is 0.0963. The second-order valence-corrected chi connectivity index (χ2v) is 6.63. The monoisotopic (exact) mass is 387 g/mol. The molecular formula is C22H21N5O2. The number of carbonyl (C=O) groups excluding carboxylic acids is 1. The van der Waals surface area contributed by atoms with E-state index in [1.807, 2.05) is 6.20 Å². The van der Waals surface area contributed by atoms with Crippen molar-refractivity contribution in [1.82, 2.24) is 20.3 Å². The highest BCUT2D eigenvalue weighted by Gasteiger charge is 2.16. The van der Waals surface area contributed by atoms with E-state index >= 15 is 0 Å². The maximum atomic E-state index is 11.7. The number of amides is 1. The molecule has 3 N–H and O–H groups in total. The van der Waals surface area contributed by atoms with Gasteiger partial charge in [-0.25, -0.2) is 0 Å². The van der Waals surface area contributed by atoms with Crippen molar-refractivity contribution >= 4 is 28.6 Å². The Kier molecular flexibility index (Phi) is 4.87. The van der Waals surface area contributed by atoms with E-state index in [4.69, 9.17) is 4.74 Å². The van der Waals surface area contributed by atoms with Gasteiger partial charge in [0, 0.05) is 30.1 Å². The van der Waals surface area contributed by atoms with E-state index < -0.39 is 0 Å². The number of nitrogens with zero attached hydrogens (tertiary/aromatic N) is 2. The Balaban J connectivity index is 1.68. The van der Waals surface area contributed by atoms with Crippen molar-refractivity contribution in [3.8, 4) is 17.0 Å². The molecule has 4 aromatic rings. The van der Waals surface area contributed by atoms with Crippen LogP contribution in [-0.2, 0) is 0 Å². The first-order chi connectivity index (χ1) is 14.1. The van der Waals surface area contributed by atoms with E-state index in [0.717, 1.165) is 22.2 Å². The number of H-pyrrole nitrogens is 1. The van der Waals surface area contributed by atoms with Crippen LogP contribution in [0.5, 0.6) is 5.88 Å². The van der Waals surface area contributed by atoms with Gasteiger partial charge in [-0.1, -0.05) is 29.8 Å². The number of carbonyl (C=O) groups is 1. The van der Waals surface area contributed by atoms with Crippen molar-refractivity contribution in [2.24, 2.45) is 0 Å². The van der Waals surface area contributed by atoms with E-state index in [1.165, 1.54) is 5.56 Å². The highest BCUT2D eigenvalue weighted by Crippen LogP contribution is 2.34. The van der Waals surface area contributed by atoms with Gasteiger partial charge < -0.3 is 20.4 Å². The van der Waals surface area contributed by atoms with Crippen LogP contribution < -0.4 is 15.4 Å². The van der Waals surface area contributed by atoms with Crippen molar-refractivity contribution in [2.45, 2.75) is 6.92 Å². The summed E-state index contributed by atoms with van der Waals surface area (Å²) in [6, 6.07) is 15.4. The number of ether oxygens (including phenoxy) is 1. The van der Waals surface area contributed by atoms with Gasteiger partial charge in [0.1, 0.15) is 5.65 Å². The molecule has 7 heteroatoms. The molecule has 29 heavy (non-hydrogen) atoms. The zero-order valence-corrected chi connectivity index (χ0v) is 16.4. The molecule has 146 valence electrons. The molecule has 2 aromatic heterocycles. The van der Waals surface area contributed by atoms with Gasteiger partial charge in [-0.3, -0.25) is 4.79 Å². The normalized spacial score (nSPS) is 10.7. The molecule has 0 aliphatic rings. The summed E-state index contributed by atoms with van der Waals surface area (Å²) in [5, 5.41) is 6.59. The Hall–Kier alpha value is -3.87. The molecule has 0 aliphatic heterocycles. The van der Waals surface area contributed by atoms with Gasteiger partial charge in [-0.2, -0.15) is 9.97 Å². The Morgan fingerprint density at radius 3 is 2.41 bits per heavy atom. The SMILES string of the molecule is CNC(=O)c1ccc(Nc2nc(OC)c3c(-c4ccc(C)cc4)c[nH]c3n2)cc1. The van der Waals surface area contributed by atoms with Crippen LogP contribution in [0.1, 0.15) is 15.9 Å². The number of methoxy groups -OCH3 is 1. The summed E-state index contributed by atoms with van der Waals surface area (Å²) in [5.41, 5.74) is 5.28. The average Bonchev–Trinajstić information content (AvgIpc) is 3.17. The zero-order valence-electron chi connectivity index (χ0n) is 16.4. The maximum absolute atomic E-state index is 11.7. The number of rotatable bonds is 5. The smallest absolute Gasteiger partial charge is 0.251 e. The standard InChI is InChI=1S/C22H21N5O2/c1-13-4-6-14(7-5-13)17-12-24-19-18(17)21(29-3)27-22(26-19)25-16-10-8-15(9-11-16)20(28)23-2/h4-12H,1-3H3,(H,23,28)(H2,24,25,26,27). The van der Waals surface area contributed by atoms with E-state index in [-0.39, 0.29) is 5.91 Å². The molecule has 0 spiro atoms. The van der Waals surface area contributed by atoms with Gasteiger partial charge in [0.15, 0.2) is 0 Å². The van der Waals surface area contributed by atoms with E-state index in [9.17, 15) is 4.79 Å². The number of aryl methyl sites for hydroxylation is 1. The maximum Gasteiger partial charge on any atom is 0.251 e. The van der Waals surface area contributed by atoms with Crippen LogP contribution in [0.3, 0.4) is 0 Å². The first kappa shape index (κ1) is 18.5. The molecule has 0 atom stereocenters. The lowest BCUT2D eigenvalue weighted by atomic mass is 10.0. The van der Waals surface area contributed by atoms with Crippen molar-refractivity contribution in [3.05, 3.63) is 65.9 Å². The highest BCUT2D eigenvalue weighted by atomic mass is 16.5. The molecule has 0 saturated heterocycles. The van der Waals surface area contributed by atoms with Gasteiger partial charge >= 0.3 is 0 Å². The van der Waals surface area contributed by atoms with Crippen LogP contribution in [0.2, 0.25) is 0 Å². The number of aromatic amines is 1. The highest BCUT2D eigenvalue weighted by molar-refractivity contribution is 5.98. The van der Waals surface area contributed by atoms with Crippen LogP contribution in [0.15, 0.2) is 54.7 Å². The van der Waals surface area contributed by atoms with Crippen molar-refractivity contribution < 1.29 is 9.53 Å². The molecule has 0 bridgehead atoms. The molecule has 0 unspecified atom stereocenters. The minimum atomic E-state index is -0.133. The molecular weight excluding hydrogens is 366 g/mol. The van der Waals surface area contributed by atoms with Crippen LogP contribution in [0.4, 0.5) is 11.6 Å². The Labute approximate surface area is 168 Å². The molecule has 2 heterocycles. The quantitative estimate of drug-likeness (QED) is 0.481. The fourth-order valence-electron chi connectivity index (χ4n) is 3.14. The van der Waals surface area contributed by atoms with E-state index in [0.29, 0.717) is 23.0 Å². The predicted octanol–water partition coefficient (Wildman–Crippen LogP) is 4.05. The Bertz CT molecular complexity index is 1160. The van der Waals surface area contributed by atoms with Gasteiger partial charge in [0.05, 0.1) is 12.5 Å². The number of hydrogen-bond donors (Lipinski definition) is 3. The summed E-state index contributed by atoms with van der Waals surface area (Å²) < 4.78 is 5.55. The number of anilines is 2. The molecule has 0 saturated carbocycles. The lowest BCUT2D eigenvalue weighted by Crippen LogP contribution is -2.17. The second-order valence-electron chi connectivity index (χ2n) is 6.63. The van der Waals surface area contributed by atoms with Crippen LogP contribution in [-0.4, -0.2) is 35.0 Å². The third-order valence-corrected chi connectivity index (χ3v) is 4.68. The molecule has 4 rings (SSSR count). The first-order valence-electron chi connectivity index (χ1n) is 9.18. The van der Waals surface area contributed by atoms with E-state index in [1.54, 1.807) is 38.4 Å². The number of aromatic nitrogens is 3. The van der Waals surface area contributed by atoms with Gasteiger partial charge in [0.2, 0.25) is 11.8 Å². The fourth-order valence-corrected chi connectivity index (χ4v) is 3.14. The van der Waals surface area contributed by atoms with Crippen LogP contribution in [0.25, 0.3) is 22.2 Å². The van der Waals surface area contributed by atoms with Gasteiger partial charge in [-0.05, 0) is 36.8 Å². The minimum Gasteiger partial charge on any atom is -0.480 e. The molecule has 0 fully saturated rings. The van der Waals surface area contributed by atoms with Crippen molar-refractivity contribution in [1.29, 1.82) is 0 Å². The topological polar surface area (TPSA) is 91.9 Å². The average molecular weight is 387 g/mol. The number of fused-ring (bicyclic) bond motifs is 1. The Morgan fingerprint density at radius 1 is 1.03 bits per heavy atom. The number of hydrogen-bond acceptors (Lipinski definition) is 5. The largest absolute Gasteiger partial charge is 0.480 e. The fraction of sp³-hybridized carbons (Fsp3) is 0.136. The summed E-state index contributed by atoms with van der Waals surface area (Å²) in [7, 11) is 3.20. The molecule has 1 amide bonds. The first-order valence-corrected chi connectivity index (χ1v) is 9.18. The van der Waals surface area contributed by atoms with Crippen molar-refractivity contribution in [3.63, 3.8) is 0 Å².